The van der Waals surface area contributed by atoms with Crippen LogP contribution in [0.15, 0.2) is 24.4 Å². The maximum absolute atomic E-state index is 10.7. The highest BCUT2D eigenvalue weighted by Crippen LogP contribution is 2.29. The molecule has 0 fully saturated rings. The van der Waals surface area contributed by atoms with Crippen LogP contribution in [0.5, 0.6) is 0 Å². The number of nitro benzene ring substituents is 1. The molecule has 1 aromatic carbocycles. The number of H-pyrrole nitrogens is 1. The normalized spacial score (nSPS) is 12.9. The number of nitro groups is 1. The summed E-state index contributed by atoms with van der Waals surface area (Å²) >= 11 is 0. The minimum Gasteiger partial charge on any atom is -0.361 e. The van der Waals surface area contributed by atoms with E-state index < -0.39 is 0 Å². The number of nitrogens with zero attached hydrogens (tertiary/aromatic N) is 1. The van der Waals surface area contributed by atoms with Crippen molar-refractivity contribution in [2.45, 2.75) is 26.2 Å². The molecular formula is C12H14N2O2. The average molecular weight is 218 g/mol. The quantitative estimate of drug-likeness (QED) is 0.632. The van der Waals surface area contributed by atoms with Gasteiger partial charge >= 0.3 is 0 Å². The van der Waals surface area contributed by atoms with Crippen LogP contribution in [0.3, 0.4) is 0 Å². The van der Waals surface area contributed by atoms with Gasteiger partial charge in [0.25, 0.3) is 5.69 Å². The van der Waals surface area contributed by atoms with Crippen LogP contribution in [0.1, 0.15) is 31.7 Å². The van der Waals surface area contributed by atoms with Crippen molar-refractivity contribution in [3.8, 4) is 0 Å². The van der Waals surface area contributed by atoms with Crippen LogP contribution >= 0.6 is 0 Å². The van der Waals surface area contributed by atoms with Crippen molar-refractivity contribution in [2.24, 2.45) is 0 Å². The van der Waals surface area contributed by atoms with Gasteiger partial charge in [0.2, 0.25) is 0 Å². The second-order valence-electron chi connectivity index (χ2n) is 4.04. The molecule has 1 N–H and O–H groups in total. The molecule has 16 heavy (non-hydrogen) atoms. The maximum atomic E-state index is 10.7. The first-order chi connectivity index (χ1) is 7.63. The second-order valence-corrected chi connectivity index (χ2v) is 4.04. The lowest BCUT2D eigenvalue weighted by molar-refractivity contribution is -0.384. The van der Waals surface area contributed by atoms with Crippen LogP contribution in [-0.2, 0) is 0 Å². The average Bonchev–Trinajstić information content (AvgIpc) is 2.70. The third kappa shape index (κ3) is 1.66. The number of hydrogen-bond donors (Lipinski definition) is 1. The fraction of sp³-hybridized carbons (Fsp3) is 0.333. The molecule has 0 aliphatic rings. The molecule has 4 nitrogen and oxygen atoms in total. The van der Waals surface area contributed by atoms with Gasteiger partial charge in [0, 0.05) is 29.2 Å². The molecule has 0 saturated carbocycles. The standard InChI is InChI=1S/C12H14N2O2/c1-3-8(2)11-7-13-12-5-4-9(14(15)16)6-10(11)12/h4-8,13H,3H2,1-2H3. The molecule has 1 heterocycles. The van der Waals surface area contributed by atoms with E-state index in [0.29, 0.717) is 5.92 Å². The maximum Gasteiger partial charge on any atom is 0.270 e. The number of rotatable bonds is 3. The van der Waals surface area contributed by atoms with Crippen molar-refractivity contribution in [3.63, 3.8) is 0 Å². The summed E-state index contributed by atoms with van der Waals surface area (Å²) in [5.41, 5.74) is 2.26. The number of hydrogen-bond acceptors (Lipinski definition) is 2. The fourth-order valence-corrected chi connectivity index (χ4v) is 1.87. The third-order valence-corrected chi connectivity index (χ3v) is 3.05. The van der Waals surface area contributed by atoms with Gasteiger partial charge in [-0.25, -0.2) is 0 Å². The molecule has 4 heteroatoms. The summed E-state index contributed by atoms with van der Waals surface area (Å²) in [4.78, 5) is 13.5. The van der Waals surface area contributed by atoms with Gasteiger partial charge < -0.3 is 4.98 Å². The second kappa shape index (κ2) is 3.96. The molecule has 0 radical (unpaired) electrons. The van der Waals surface area contributed by atoms with E-state index in [1.54, 1.807) is 12.1 Å². The van der Waals surface area contributed by atoms with E-state index in [1.165, 1.54) is 6.07 Å². The number of fused-ring (bicyclic) bond motifs is 1. The summed E-state index contributed by atoms with van der Waals surface area (Å²) in [5.74, 6) is 0.413. The first-order valence-electron chi connectivity index (χ1n) is 5.39. The monoisotopic (exact) mass is 218 g/mol. The Bertz CT molecular complexity index is 531. The molecule has 2 aromatic rings. The zero-order valence-electron chi connectivity index (χ0n) is 9.36. The summed E-state index contributed by atoms with van der Waals surface area (Å²) in [6.07, 6.45) is 2.97. The highest BCUT2D eigenvalue weighted by molar-refractivity contribution is 5.85. The van der Waals surface area contributed by atoms with Crippen molar-refractivity contribution in [1.29, 1.82) is 0 Å². The molecule has 0 aliphatic heterocycles. The zero-order chi connectivity index (χ0) is 11.7. The van der Waals surface area contributed by atoms with Gasteiger partial charge in [-0.1, -0.05) is 13.8 Å². The Hall–Kier alpha value is -1.84. The molecule has 2 rings (SSSR count). The lowest BCUT2D eigenvalue weighted by Crippen LogP contribution is -1.90. The van der Waals surface area contributed by atoms with Gasteiger partial charge in [-0.05, 0) is 24.0 Å². The molecule has 0 spiro atoms. The molecular weight excluding hydrogens is 204 g/mol. The molecule has 0 aliphatic carbocycles. The van der Waals surface area contributed by atoms with Crippen LogP contribution in [0.2, 0.25) is 0 Å². The number of nitrogens with one attached hydrogen (secondary N) is 1. The summed E-state index contributed by atoms with van der Waals surface area (Å²) in [7, 11) is 0. The van der Waals surface area contributed by atoms with Crippen molar-refractivity contribution in [3.05, 3.63) is 40.1 Å². The van der Waals surface area contributed by atoms with Crippen molar-refractivity contribution < 1.29 is 4.92 Å². The van der Waals surface area contributed by atoms with E-state index in [-0.39, 0.29) is 10.6 Å². The van der Waals surface area contributed by atoms with Crippen molar-refractivity contribution in [2.75, 3.05) is 0 Å². The van der Waals surface area contributed by atoms with Gasteiger partial charge in [-0.3, -0.25) is 10.1 Å². The Morgan fingerprint density at radius 3 is 2.88 bits per heavy atom. The van der Waals surface area contributed by atoms with E-state index in [1.807, 2.05) is 6.20 Å². The van der Waals surface area contributed by atoms with Gasteiger partial charge in [-0.15, -0.1) is 0 Å². The predicted octanol–water partition coefficient (Wildman–Crippen LogP) is 3.59. The van der Waals surface area contributed by atoms with Gasteiger partial charge in [0.05, 0.1) is 4.92 Å². The highest BCUT2D eigenvalue weighted by atomic mass is 16.6. The molecule has 84 valence electrons. The van der Waals surface area contributed by atoms with Crippen LogP contribution < -0.4 is 0 Å². The minimum atomic E-state index is -0.354. The van der Waals surface area contributed by atoms with Crippen LogP contribution in [0.25, 0.3) is 10.9 Å². The Labute approximate surface area is 93.4 Å². The number of aromatic nitrogens is 1. The predicted molar refractivity (Wildman–Crippen MR) is 63.7 cm³/mol. The third-order valence-electron chi connectivity index (χ3n) is 3.05. The van der Waals surface area contributed by atoms with Crippen LogP contribution in [-0.4, -0.2) is 9.91 Å². The summed E-state index contributed by atoms with van der Waals surface area (Å²) in [5, 5.41) is 11.7. The summed E-state index contributed by atoms with van der Waals surface area (Å²) < 4.78 is 0. The van der Waals surface area contributed by atoms with Crippen LogP contribution in [0.4, 0.5) is 5.69 Å². The molecule has 0 amide bonds. The smallest absolute Gasteiger partial charge is 0.270 e. The SMILES string of the molecule is CCC(C)c1c[nH]c2ccc([N+](=O)[O-])cc12. The highest BCUT2D eigenvalue weighted by Gasteiger charge is 2.13. The minimum absolute atomic E-state index is 0.150. The van der Waals surface area contributed by atoms with E-state index in [9.17, 15) is 10.1 Å². The van der Waals surface area contributed by atoms with Gasteiger partial charge in [0.1, 0.15) is 0 Å². The Balaban J connectivity index is 2.60. The Kier molecular flexibility index (Phi) is 2.64. The van der Waals surface area contributed by atoms with Crippen molar-refractivity contribution in [1.82, 2.24) is 4.98 Å². The summed E-state index contributed by atoms with van der Waals surface area (Å²) in [6, 6.07) is 4.94. The van der Waals surface area contributed by atoms with Crippen LogP contribution in [0, 0.1) is 10.1 Å². The van der Waals surface area contributed by atoms with Gasteiger partial charge in [0.15, 0.2) is 0 Å². The first-order valence-corrected chi connectivity index (χ1v) is 5.39. The van der Waals surface area contributed by atoms with Gasteiger partial charge in [-0.2, -0.15) is 0 Å². The van der Waals surface area contributed by atoms with Crippen molar-refractivity contribution >= 4 is 16.6 Å². The molecule has 1 aromatic heterocycles. The Morgan fingerprint density at radius 1 is 1.50 bits per heavy atom. The number of benzene rings is 1. The lowest BCUT2D eigenvalue weighted by atomic mass is 9.98. The molecule has 0 bridgehead atoms. The first kappa shape index (κ1) is 10.7. The number of aromatic amines is 1. The van der Waals surface area contributed by atoms with E-state index in [2.05, 4.69) is 18.8 Å². The number of non-ortho nitro benzene ring substituents is 1. The topological polar surface area (TPSA) is 58.9 Å². The summed E-state index contributed by atoms with van der Waals surface area (Å²) in [6.45, 7) is 4.24. The Morgan fingerprint density at radius 2 is 2.25 bits per heavy atom. The largest absolute Gasteiger partial charge is 0.361 e. The lowest BCUT2D eigenvalue weighted by Gasteiger charge is -2.06. The fourth-order valence-electron chi connectivity index (χ4n) is 1.87. The van der Waals surface area contributed by atoms with E-state index in [0.717, 1.165) is 22.9 Å². The zero-order valence-corrected chi connectivity index (χ0v) is 9.36. The molecule has 1 unspecified atom stereocenters. The molecule has 1 atom stereocenters. The van der Waals surface area contributed by atoms with E-state index in [4.69, 9.17) is 0 Å². The molecule has 0 saturated heterocycles. The van der Waals surface area contributed by atoms with E-state index >= 15 is 0 Å².